The Morgan fingerprint density at radius 3 is 2.68 bits per heavy atom. The summed E-state index contributed by atoms with van der Waals surface area (Å²) in [7, 11) is 0. The summed E-state index contributed by atoms with van der Waals surface area (Å²) in [6.45, 7) is 1.19. The Balaban J connectivity index is 2.10. The quantitative estimate of drug-likeness (QED) is 0.797. The highest BCUT2D eigenvalue weighted by Crippen LogP contribution is 2.39. The molecular formula is C12H11F3N4. The maximum absolute atomic E-state index is 13.0. The monoisotopic (exact) mass is 268 g/mol. The van der Waals surface area contributed by atoms with Crippen LogP contribution >= 0.6 is 0 Å². The van der Waals surface area contributed by atoms with E-state index in [1.807, 2.05) is 0 Å². The maximum atomic E-state index is 13.0. The Kier molecular flexibility index (Phi) is 2.69. The zero-order valence-electron chi connectivity index (χ0n) is 9.93. The van der Waals surface area contributed by atoms with Gasteiger partial charge in [0.1, 0.15) is 6.33 Å². The van der Waals surface area contributed by atoms with E-state index in [1.165, 1.54) is 18.5 Å². The molecule has 0 saturated heterocycles. The van der Waals surface area contributed by atoms with Crippen LogP contribution in [-0.4, -0.2) is 21.3 Å². The number of halogens is 3. The summed E-state index contributed by atoms with van der Waals surface area (Å²) >= 11 is 0. The van der Waals surface area contributed by atoms with Gasteiger partial charge in [0, 0.05) is 13.1 Å². The van der Waals surface area contributed by atoms with Crippen molar-refractivity contribution in [3.8, 4) is 0 Å². The van der Waals surface area contributed by atoms with Crippen molar-refractivity contribution in [3.63, 3.8) is 0 Å². The smallest absolute Gasteiger partial charge is 0.310 e. The summed E-state index contributed by atoms with van der Waals surface area (Å²) in [5.74, 6) is 0.461. The number of hydrogen-bond acceptors (Lipinski definition) is 3. The van der Waals surface area contributed by atoms with E-state index in [-0.39, 0.29) is 5.69 Å². The first-order valence-electron chi connectivity index (χ1n) is 5.89. The predicted octanol–water partition coefficient (Wildman–Crippen LogP) is 2.84. The van der Waals surface area contributed by atoms with E-state index in [9.17, 15) is 13.2 Å². The largest absolute Gasteiger partial charge is 0.418 e. The lowest BCUT2D eigenvalue weighted by Crippen LogP contribution is -2.30. The van der Waals surface area contributed by atoms with Crippen molar-refractivity contribution < 1.29 is 13.2 Å². The third kappa shape index (κ3) is 2.05. The van der Waals surface area contributed by atoms with E-state index in [4.69, 9.17) is 0 Å². The molecule has 1 aliphatic rings. The zero-order valence-corrected chi connectivity index (χ0v) is 9.93. The van der Waals surface area contributed by atoms with Gasteiger partial charge in [-0.05, 0) is 18.6 Å². The van der Waals surface area contributed by atoms with Crippen LogP contribution in [0.2, 0.25) is 0 Å². The van der Waals surface area contributed by atoms with Crippen molar-refractivity contribution in [1.82, 2.24) is 14.8 Å². The lowest BCUT2D eigenvalue weighted by atomic mass is 10.1. The van der Waals surface area contributed by atoms with Gasteiger partial charge in [-0.15, -0.1) is 0 Å². The fourth-order valence-electron chi connectivity index (χ4n) is 2.28. The standard InChI is InChI=1S/C12H11F3N4/c13-12(14,15)9-4-1-2-5-10(9)18-6-3-7-19-11(18)16-8-17-19/h1-2,4-5,8H,3,6-7H2. The van der Waals surface area contributed by atoms with Crippen LogP contribution in [0.25, 0.3) is 0 Å². The van der Waals surface area contributed by atoms with Gasteiger partial charge in [-0.25, -0.2) is 4.68 Å². The van der Waals surface area contributed by atoms with Gasteiger partial charge in [0.15, 0.2) is 0 Å². The second kappa shape index (κ2) is 4.25. The number of aromatic nitrogens is 3. The number of anilines is 2. The molecule has 1 aromatic carbocycles. The summed E-state index contributed by atoms with van der Waals surface area (Å²) in [6.07, 6.45) is -2.27. The molecule has 19 heavy (non-hydrogen) atoms. The lowest BCUT2D eigenvalue weighted by molar-refractivity contribution is -0.137. The SMILES string of the molecule is FC(F)(F)c1ccccc1N1CCCn2ncnc21. The van der Waals surface area contributed by atoms with Gasteiger partial charge in [0.05, 0.1) is 11.3 Å². The van der Waals surface area contributed by atoms with Crippen molar-refractivity contribution in [2.75, 3.05) is 11.4 Å². The Labute approximate surface area is 107 Å². The van der Waals surface area contributed by atoms with E-state index in [2.05, 4.69) is 10.1 Å². The molecule has 3 rings (SSSR count). The number of alkyl halides is 3. The van der Waals surface area contributed by atoms with Crippen molar-refractivity contribution in [3.05, 3.63) is 36.2 Å². The summed E-state index contributed by atoms with van der Waals surface area (Å²) in [5, 5.41) is 4.01. The Morgan fingerprint density at radius 2 is 1.89 bits per heavy atom. The Hall–Kier alpha value is -2.05. The van der Waals surface area contributed by atoms with Crippen LogP contribution in [-0.2, 0) is 12.7 Å². The molecule has 0 radical (unpaired) electrons. The van der Waals surface area contributed by atoms with Crippen LogP contribution in [0.4, 0.5) is 24.8 Å². The first kappa shape index (κ1) is 12.0. The fourth-order valence-corrected chi connectivity index (χ4v) is 2.28. The molecule has 7 heteroatoms. The summed E-state index contributed by atoms with van der Waals surface area (Å²) in [4.78, 5) is 5.62. The van der Waals surface area contributed by atoms with Crippen LogP contribution < -0.4 is 4.90 Å². The number of hydrogen-bond donors (Lipinski definition) is 0. The molecule has 0 N–H and O–H groups in total. The van der Waals surface area contributed by atoms with Gasteiger partial charge in [0.25, 0.3) is 0 Å². The second-order valence-corrected chi connectivity index (χ2v) is 4.30. The topological polar surface area (TPSA) is 34.0 Å². The molecule has 1 aliphatic heterocycles. The van der Waals surface area contributed by atoms with Gasteiger partial charge in [0.2, 0.25) is 5.95 Å². The molecule has 0 fully saturated rings. The van der Waals surface area contributed by atoms with Crippen LogP contribution in [0, 0.1) is 0 Å². The average Bonchev–Trinajstić information content (AvgIpc) is 2.85. The third-order valence-electron chi connectivity index (χ3n) is 3.09. The van der Waals surface area contributed by atoms with Crippen LogP contribution in [0.3, 0.4) is 0 Å². The first-order chi connectivity index (χ1) is 9.07. The molecule has 0 aliphatic carbocycles. The normalized spacial score (nSPS) is 15.4. The lowest BCUT2D eigenvalue weighted by Gasteiger charge is -2.29. The van der Waals surface area contributed by atoms with E-state index < -0.39 is 11.7 Å². The van der Waals surface area contributed by atoms with Crippen LogP contribution in [0.5, 0.6) is 0 Å². The molecule has 2 heterocycles. The minimum Gasteiger partial charge on any atom is -0.310 e. The molecule has 2 aromatic rings. The van der Waals surface area contributed by atoms with Gasteiger partial charge in [-0.2, -0.15) is 23.3 Å². The highest BCUT2D eigenvalue weighted by molar-refractivity contribution is 5.63. The number of nitrogens with zero attached hydrogens (tertiary/aromatic N) is 4. The average molecular weight is 268 g/mol. The van der Waals surface area contributed by atoms with E-state index in [1.54, 1.807) is 15.6 Å². The number of benzene rings is 1. The highest BCUT2D eigenvalue weighted by atomic mass is 19.4. The molecule has 0 spiro atoms. The van der Waals surface area contributed by atoms with Crippen LogP contribution in [0.15, 0.2) is 30.6 Å². The fraction of sp³-hybridized carbons (Fsp3) is 0.333. The van der Waals surface area contributed by atoms with Crippen molar-refractivity contribution >= 4 is 11.6 Å². The van der Waals surface area contributed by atoms with E-state index >= 15 is 0 Å². The number of aryl methyl sites for hydroxylation is 1. The first-order valence-corrected chi connectivity index (χ1v) is 5.89. The maximum Gasteiger partial charge on any atom is 0.418 e. The van der Waals surface area contributed by atoms with Gasteiger partial charge in [-0.1, -0.05) is 12.1 Å². The van der Waals surface area contributed by atoms with Gasteiger partial charge >= 0.3 is 6.18 Å². The molecule has 0 unspecified atom stereocenters. The third-order valence-corrected chi connectivity index (χ3v) is 3.09. The van der Waals surface area contributed by atoms with Crippen molar-refractivity contribution in [2.45, 2.75) is 19.1 Å². The highest BCUT2D eigenvalue weighted by Gasteiger charge is 2.36. The summed E-state index contributed by atoms with van der Waals surface area (Å²) < 4.78 is 40.7. The van der Waals surface area contributed by atoms with Crippen molar-refractivity contribution in [2.24, 2.45) is 0 Å². The molecule has 0 bridgehead atoms. The molecule has 0 atom stereocenters. The molecule has 4 nitrogen and oxygen atoms in total. The van der Waals surface area contributed by atoms with E-state index in [0.717, 1.165) is 12.5 Å². The molecule has 0 amide bonds. The second-order valence-electron chi connectivity index (χ2n) is 4.30. The summed E-state index contributed by atoms with van der Waals surface area (Å²) in [5.41, 5.74) is -0.518. The van der Waals surface area contributed by atoms with Gasteiger partial charge < -0.3 is 4.90 Å². The zero-order chi connectivity index (χ0) is 13.5. The van der Waals surface area contributed by atoms with Gasteiger partial charge in [-0.3, -0.25) is 0 Å². The summed E-state index contributed by atoms with van der Waals surface area (Å²) in [6, 6.07) is 5.54. The van der Waals surface area contributed by atoms with Crippen molar-refractivity contribution in [1.29, 1.82) is 0 Å². The van der Waals surface area contributed by atoms with Crippen LogP contribution in [0.1, 0.15) is 12.0 Å². The molecular weight excluding hydrogens is 257 g/mol. The number of rotatable bonds is 1. The molecule has 0 saturated carbocycles. The minimum atomic E-state index is -4.38. The Bertz CT molecular complexity index is 591. The number of para-hydroxylation sites is 1. The van der Waals surface area contributed by atoms with E-state index in [0.29, 0.717) is 19.0 Å². The number of fused-ring (bicyclic) bond motifs is 1. The Morgan fingerprint density at radius 1 is 1.11 bits per heavy atom. The predicted molar refractivity (Wildman–Crippen MR) is 63.1 cm³/mol. The molecule has 1 aromatic heterocycles. The minimum absolute atomic E-state index is 0.129. The molecule has 100 valence electrons.